The number of halogens is 3. The highest BCUT2D eigenvalue weighted by Gasteiger charge is 2.16. The highest BCUT2D eigenvalue weighted by Crippen LogP contribution is 2.34. The van der Waals surface area contributed by atoms with Gasteiger partial charge in [0.2, 0.25) is 0 Å². The Morgan fingerprint density at radius 1 is 1.13 bits per heavy atom. The van der Waals surface area contributed by atoms with Gasteiger partial charge in [0.15, 0.2) is 16.0 Å². The van der Waals surface area contributed by atoms with E-state index < -0.39 is 5.91 Å². The van der Waals surface area contributed by atoms with Gasteiger partial charge in [0.05, 0.1) is 27.4 Å². The van der Waals surface area contributed by atoms with E-state index in [-0.39, 0.29) is 10.9 Å². The topological polar surface area (TPSA) is 76.4 Å². The Kier molecular flexibility index (Phi) is 6.36. The molecular weight excluding hydrogens is 501 g/mol. The summed E-state index contributed by atoms with van der Waals surface area (Å²) in [4.78, 5) is 16.9. The SMILES string of the molecule is COc1cc2sc(NC(=S)NC(=O)c3ccc(-c4ccc(Cl)cc4Cl)o3)nc2cc1Cl. The molecule has 158 valence electrons. The van der Waals surface area contributed by atoms with E-state index in [2.05, 4.69) is 15.6 Å². The van der Waals surface area contributed by atoms with Gasteiger partial charge >= 0.3 is 0 Å². The number of anilines is 1. The van der Waals surface area contributed by atoms with Crippen molar-refractivity contribution in [3.63, 3.8) is 0 Å². The standard InChI is InChI=1S/C20H12Cl3N3O3S2/c1-28-16-8-17-13(7-12(16)23)24-20(31-17)26-19(30)25-18(27)15-5-4-14(29-15)10-3-2-9(21)6-11(10)22/h2-8H,1H3,(H2,24,25,26,27,30). The van der Waals surface area contributed by atoms with Gasteiger partial charge < -0.3 is 14.5 Å². The minimum Gasteiger partial charge on any atom is -0.495 e. The highest BCUT2D eigenvalue weighted by atomic mass is 35.5. The summed E-state index contributed by atoms with van der Waals surface area (Å²) >= 11 is 24.8. The number of thiazole rings is 1. The van der Waals surface area contributed by atoms with E-state index in [4.69, 9.17) is 56.2 Å². The second-order valence-electron chi connectivity index (χ2n) is 6.17. The zero-order valence-corrected chi connectivity index (χ0v) is 19.6. The van der Waals surface area contributed by atoms with Crippen LogP contribution in [0.1, 0.15) is 10.6 Å². The van der Waals surface area contributed by atoms with Crippen molar-refractivity contribution in [3.8, 4) is 17.1 Å². The average Bonchev–Trinajstić information content (AvgIpc) is 3.33. The molecule has 0 aliphatic carbocycles. The summed E-state index contributed by atoms with van der Waals surface area (Å²) in [5, 5.41) is 7.40. The van der Waals surface area contributed by atoms with Crippen LogP contribution in [0, 0.1) is 0 Å². The number of thiocarbonyl (C=S) groups is 1. The van der Waals surface area contributed by atoms with Crippen molar-refractivity contribution in [2.75, 3.05) is 12.4 Å². The largest absolute Gasteiger partial charge is 0.495 e. The minimum absolute atomic E-state index is 0.0737. The van der Waals surface area contributed by atoms with Crippen molar-refractivity contribution in [1.82, 2.24) is 10.3 Å². The molecule has 0 aliphatic rings. The van der Waals surface area contributed by atoms with E-state index in [9.17, 15) is 4.79 Å². The van der Waals surface area contributed by atoms with Gasteiger partial charge in [-0.15, -0.1) is 0 Å². The quantitative estimate of drug-likeness (QED) is 0.298. The Morgan fingerprint density at radius 3 is 2.68 bits per heavy atom. The number of carbonyl (C=O) groups excluding carboxylic acids is 1. The number of aromatic nitrogens is 1. The predicted octanol–water partition coefficient (Wildman–Crippen LogP) is 6.65. The smallest absolute Gasteiger partial charge is 0.293 e. The second-order valence-corrected chi connectivity index (χ2v) is 8.86. The summed E-state index contributed by atoms with van der Waals surface area (Å²) < 4.78 is 11.7. The van der Waals surface area contributed by atoms with Gasteiger partial charge in [0.25, 0.3) is 5.91 Å². The first-order valence-corrected chi connectivity index (χ1v) is 11.0. The molecule has 1 amide bonds. The molecule has 4 rings (SSSR count). The molecule has 2 heterocycles. The van der Waals surface area contributed by atoms with E-state index in [1.165, 1.54) is 17.4 Å². The molecule has 0 saturated carbocycles. The van der Waals surface area contributed by atoms with E-state index >= 15 is 0 Å². The van der Waals surface area contributed by atoms with Gasteiger partial charge in [0.1, 0.15) is 11.5 Å². The Morgan fingerprint density at radius 2 is 1.94 bits per heavy atom. The van der Waals surface area contributed by atoms with Gasteiger partial charge in [-0.25, -0.2) is 4.98 Å². The molecule has 0 bridgehead atoms. The molecule has 2 aromatic carbocycles. The number of amides is 1. The first kappa shape index (κ1) is 21.9. The summed E-state index contributed by atoms with van der Waals surface area (Å²) in [5.41, 5.74) is 1.30. The number of rotatable bonds is 4. The van der Waals surface area contributed by atoms with E-state index in [0.29, 0.717) is 42.8 Å². The number of hydrogen-bond donors (Lipinski definition) is 2. The Hall–Kier alpha value is -2.36. The summed E-state index contributed by atoms with van der Waals surface area (Å²) in [6.07, 6.45) is 0. The molecule has 2 N–H and O–H groups in total. The fraction of sp³-hybridized carbons (Fsp3) is 0.0500. The van der Waals surface area contributed by atoms with Crippen LogP contribution in [0.2, 0.25) is 15.1 Å². The lowest BCUT2D eigenvalue weighted by Gasteiger charge is -2.05. The van der Waals surface area contributed by atoms with Gasteiger partial charge in [0, 0.05) is 16.7 Å². The summed E-state index contributed by atoms with van der Waals surface area (Å²) in [6.45, 7) is 0. The molecule has 0 spiro atoms. The van der Waals surface area contributed by atoms with Crippen LogP contribution < -0.4 is 15.4 Å². The predicted molar refractivity (Wildman–Crippen MR) is 129 cm³/mol. The van der Waals surface area contributed by atoms with Crippen molar-refractivity contribution < 1.29 is 13.9 Å². The minimum atomic E-state index is -0.514. The monoisotopic (exact) mass is 511 g/mol. The Labute approximate surface area is 201 Å². The lowest BCUT2D eigenvalue weighted by molar-refractivity contribution is 0.0951. The average molecular weight is 513 g/mol. The molecule has 0 saturated heterocycles. The zero-order chi connectivity index (χ0) is 22.1. The number of methoxy groups -OCH3 is 1. The van der Waals surface area contributed by atoms with Gasteiger partial charge in [-0.05, 0) is 48.6 Å². The number of nitrogens with zero attached hydrogens (tertiary/aromatic N) is 1. The van der Waals surface area contributed by atoms with Gasteiger partial charge in [-0.2, -0.15) is 0 Å². The van der Waals surface area contributed by atoms with Crippen LogP contribution in [-0.4, -0.2) is 23.1 Å². The third-order valence-corrected chi connectivity index (χ3v) is 6.12. The molecule has 0 atom stereocenters. The normalized spacial score (nSPS) is 10.8. The van der Waals surface area contributed by atoms with E-state index in [1.54, 1.807) is 43.5 Å². The Bertz CT molecular complexity index is 1320. The summed E-state index contributed by atoms with van der Waals surface area (Å²) in [5.74, 6) is 0.544. The molecule has 0 aliphatic heterocycles. The molecule has 2 aromatic heterocycles. The number of ether oxygens (including phenoxy) is 1. The van der Waals surface area contributed by atoms with Crippen molar-refractivity contribution in [2.45, 2.75) is 0 Å². The number of nitrogens with one attached hydrogen (secondary N) is 2. The summed E-state index contributed by atoms with van der Waals surface area (Å²) in [6, 6.07) is 11.7. The zero-order valence-electron chi connectivity index (χ0n) is 15.7. The maximum Gasteiger partial charge on any atom is 0.293 e. The third-order valence-electron chi connectivity index (χ3n) is 4.14. The van der Waals surface area contributed by atoms with Crippen molar-refractivity contribution in [1.29, 1.82) is 0 Å². The molecule has 6 nitrogen and oxygen atoms in total. The van der Waals surface area contributed by atoms with Crippen molar-refractivity contribution in [3.05, 3.63) is 63.3 Å². The first-order chi connectivity index (χ1) is 14.8. The molecule has 0 unspecified atom stereocenters. The van der Waals surface area contributed by atoms with Gasteiger partial charge in [-0.1, -0.05) is 46.1 Å². The van der Waals surface area contributed by atoms with E-state index in [0.717, 1.165) is 4.70 Å². The molecule has 0 radical (unpaired) electrons. The van der Waals surface area contributed by atoms with Crippen LogP contribution in [0.25, 0.3) is 21.5 Å². The van der Waals surface area contributed by atoms with Crippen LogP contribution in [0.4, 0.5) is 5.13 Å². The molecule has 31 heavy (non-hydrogen) atoms. The fourth-order valence-corrected chi connectivity index (χ4v) is 4.60. The maximum atomic E-state index is 12.5. The molecule has 11 heteroatoms. The number of hydrogen-bond acceptors (Lipinski definition) is 6. The third kappa shape index (κ3) is 4.78. The maximum absolute atomic E-state index is 12.5. The van der Waals surface area contributed by atoms with Crippen LogP contribution in [0.15, 0.2) is 46.9 Å². The van der Waals surface area contributed by atoms with Crippen molar-refractivity contribution in [2.24, 2.45) is 0 Å². The molecule has 4 aromatic rings. The Balaban J connectivity index is 1.45. The van der Waals surface area contributed by atoms with Crippen LogP contribution >= 0.6 is 58.4 Å². The fourth-order valence-electron chi connectivity index (χ4n) is 2.73. The first-order valence-electron chi connectivity index (χ1n) is 8.65. The summed E-state index contributed by atoms with van der Waals surface area (Å²) in [7, 11) is 1.54. The molecular formula is C20H12Cl3N3O3S2. The van der Waals surface area contributed by atoms with Crippen LogP contribution in [0.5, 0.6) is 5.75 Å². The molecule has 0 fully saturated rings. The highest BCUT2D eigenvalue weighted by molar-refractivity contribution is 7.80. The van der Waals surface area contributed by atoms with Gasteiger partial charge in [-0.3, -0.25) is 10.1 Å². The van der Waals surface area contributed by atoms with Crippen LogP contribution in [0.3, 0.4) is 0 Å². The number of fused-ring (bicyclic) bond motifs is 1. The number of carbonyl (C=O) groups is 1. The number of furan rings is 1. The van der Waals surface area contributed by atoms with Crippen LogP contribution in [-0.2, 0) is 0 Å². The number of benzene rings is 2. The lowest BCUT2D eigenvalue weighted by atomic mass is 10.2. The van der Waals surface area contributed by atoms with E-state index in [1.807, 2.05) is 0 Å². The van der Waals surface area contributed by atoms with Crippen molar-refractivity contribution >= 4 is 84.7 Å². The lowest BCUT2D eigenvalue weighted by Crippen LogP contribution is -2.33. The second kappa shape index (κ2) is 9.02.